The Bertz CT molecular complexity index is 753. The number of Topliss-reactive ketones (excluding diaryl/α,β-unsaturated/α-hetero) is 1. The summed E-state index contributed by atoms with van der Waals surface area (Å²) in [6, 6.07) is 2.61. The highest BCUT2D eigenvalue weighted by atomic mass is 19.2. The molecule has 25 heavy (non-hydrogen) atoms. The highest BCUT2D eigenvalue weighted by molar-refractivity contribution is 5.79. The Morgan fingerprint density at radius 2 is 1.76 bits per heavy atom. The van der Waals surface area contributed by atoms with Crippen LogP contribution in [0.4, 0.5) is 8.78 Å². The molecule has 1 aromatic heterocycles. The minimum Gasteiger partial charge on any atom is -0.390 e. The molecule has 0 atom stereocenters. The lowest BCUT2D eigenvalue weighted by molar-refractivity contribution is -0.122. The molecule has 0 bridgehead atoms. The Hall–Kier alpha value is -1.82. The smallest absolute Gasteiger partial charge is 0.184 e. The van der Waals surface area contributed by atoms with Crippen molar-refractivity contribution in [3.8, 4) is 0 Å². The van der Waals surface area contributed by atoms with E-state index in [-0.39, 0.29) is 23.3 Å². The summed E-state index contributed by atoms with van der Waals surface area (Å²) in [5.74, 6) is -0.861. The molecule has 1 N–H and O–H groups in total. The van der Waals surface area contributed by atoms with Crippen molar-refractivity contribution < 1.29 is 18.7 Å². The standard InChI is InChI=1S/C12H14F2N2.C7H14O2/c1-7-15-9-6-5-8(13)10(14)11(9)16(7)12(2,3)4;1-4-6(8)5-7(2,3)9/h5-6H,1-4H3;9H,4-5H2,1-3H3. The third-order valence-corrected chi connectivity index (χ3v) is 3.57. The lowest BCUT2D eigenvalue weighted by Crippen LogP contribution is -2.23. The van der Waals surface area contributed by atoms with E-state index >= 15 is 0 Å². The first kappa shape index (κ1) is 21.2. The van der Waals surface area contributed by atoms with Crippen LogP contribution in [-0.2, 0) is 10.3 Å². The van der Waals surface area contributed by atoms with Crippen LogP contribution < -0.4 is 0 Å². The summed E-state index contributed by atoms with van der Waals surface area (Å²) in [7, 11) is 0. The van der Waals surface area contributed by atoms with E-state index in [1.165, 1.54) is 6.07 Å². The van der Waals surface area contributed by atoms with Gasteiger partial charge in [-0.25, -0.2) is 13.8 Å². The molecule has 2 aromatic rings. The van der Waals surface area contributed by atoms with Crippen LogP contribution in [0.15, 0.2) is 12.1 Å². The van der Waals surface area contributed by atoms with Crippen LogP contribution in [0.1, 0.15) is 60.2 Å². The van der Waals surface area contributed by atoms with Gasteiger partial charge in [-0.1, -0.05) is 6.92 Å². The van der Waals surface area contributed by atoms with Gasteiger partial charge in [-0.3, -0.25) is 4.79 Å². The maximum absolute atomic E-state index is 13.8. The van der Waals surface area contributed by atoms with Crippen LogP contribution in [0.3, 0.4) is 0 Å². The van der Waals surface area contributed by atoms with Crippen molar-refractivity contribution >= 4 is 16.8 Å². The average Bonchev–Trinajstić information content (AvgIpc) is 2.79. The Labute approximate surface area is 147 Å². The molecule has 0 saturated carbocycles. The molecule has 0 aliphatic carbocycles. The fraction of sp³-hybridized carbons (Fsp3) is 0.579. The monoisotopic (exact) mass is 354 g/mol. The van der Waals surface area contributed by atoms with Crippen molar-refractivity contribution in [2.75, 3.05) is 0 Å². The Morgan fingerprint density at radius 1 is 1.20 bits per heavy atom. The number of rotatable bonds is 3. The summed E-state index contributed by atoms with van der Waals surface area (Å²) in [6.07, 6.45) is 0.785. The van der Waals surface area contributed by atoms with E-state index in [0.29, 0.717) is 17.8 Å². The number of halogens is 2. The molecule has 0 unspecified atom stereocenters. The van der Waals surface area contributed by atoms with Crippen LogP contribution in [0, 0.1) is 18.6 Å². The van der Waals surface area contributed by atoms with E-state index < -0.39 is 17.2 Å². The number of aryl methyl sites for hydroxylation is 1. The predicted molar refractivity (Wildman–Crippen MR) is 95.6 cm³/mol. The van der Waals surface area contributed by atoms with Gasteiger partial charge in [0.1, 0.15) is 17.1 Å². The van der Waals surface area contributed by atoms with E-state index in [1.54, 1.807) is 32.3 Å². The number of fused-ring (bicyclic) bond motifs is 1. The zero-order valence-corrected chi connectivity index (χ0v) is 16.1. The largest absolute Gasteiger partial charge is 0.390 e. The van der Waals surface area contributed by atoms with Crippen molar-refractivity contribution in [3.05, 3.63) is 29.6 Å². The minimum atomic E-state index is -0.835. The summed E-state index contributed by atoms with van der Waals surface area (Å²) in [5, 5.41) is 9.10. The molecule has 1 aromatic carbocycles. The molecule has 140 valence electrons. The minimum absolute atomic E-state index is 0.113. The molecule has 0 aliphatic rings. The van der Waals surface area contributed by atoms with Gasteiger partial charge in [0, 0.05) is 18.4 Å². The second-order valence-corrected chi connectivity index (χ2v) is 7.78. The van der Waals surface area contributed by atoms with Crippen LogP contribution in [0.5, 0.6) is 0 Å². The molecule has 0 aliphatic heterocycles. The molecule has 2 rings (SSSR count). The van der Waals surface area contributed by atoms with E-state index in [9.17, 15) is 13.6 Å². The summed E-state index contributed by atoms with van der Waals surface area (Å²) >= 11 is 0. The molecular weight excluding hydrogens is 326 g/mol. The highest BCUT2D eigenvalue weighted by Gasteiger charge is 2.23. The number of carbonyl (C=O) groups is 1. The molecule has 6 heteroatoms. The Kier molecular flexibility index (Phi) is 6.45. The van der Waals surface area contributed by atoms with E-state index in [1.807, 2.05) is 20.8 Å². The van der Waals surface area contributed by atoms with Gasteiger partial charge in [-0.15, -0.1) is 0 Å². The predicted octanol–water partition coefficient (Wildman–Crippen LogP) is 4.50. The number of hydrogen-bond acceptors (Lipinski definition) is 3. The second kappa shape index (κ2) is 7.60. The lowest BCUT2D eigenvalue weighted by atomic mass is 10.0. The number of ketones is 1. The molecule has 0 spiro atoms. The molecular formula is C19H28F2N2O2. The van der Waals surface area contributed by atoms with Crippen molar-refractivity contribution in [2.45, 2.75) is 72.4 Å². The van der Waals surface area contributed by atoms with Crippen LogP contribution in [-0.4, -0.2) is 26.0 Å². The van der Waals surface area contributed by atoms with Crippen molar-refractivity contribution in [1.82, 2.24) is 9.55 Å². The van der Waals surface area contributed by atoms with Gasteiger partial charge in [0.2, 0.25) is 0 Å². The maximum Gasteiger partial charge on any atom is 0.184 e. The van der Waals surface area contributed by atoms with Crippen LogP contribution in [0.25, 0.3) is 11.0 Å². The number of nitrogens with zero attached hydrogens (tertiary/aromatic N) is 2. The SMILES string of the molecule is CCC(=O)CC(C)(C)O.Cc1nc2ccc(F)c(F)c2n1C(C)(C)C. The third-order valence-electron chi connectivity index (χ3n) is 3.57. The van der Waals surface area contributed by atoms with E-state index in [0.717, 1.165) is 6.07 Å². The van der Waals surface area contributed by atoms with Crippen molar-refractivity contribution in [3.63, 3.8) is 0 Å². The van der Waals surface area contributed by atoms with Crippen molar-refractivity contribution in [1.29, 1.82) is 0 Å². The normalized spacial score (nSPS) is 12.1. The zero-order chi connectivity index (χ0) is 19.6. The molecule has 0 saturated heterocycles. The van der Waals surface area contributed by atoms with E-state index in [4.69, 9.17) is 5.11 Å². The Morgan fingerprint density at radius 3 is 2.16 bits per heavy atom. The third kappa shape index (κ3) is 5.59. The van der Waals surface area contributed by atoms with Crippen molar-refractivity contribution in [2.24, 2.45) is 0 Å². The number of benzene rings is 1. The number of hydrogen-bond donors (Lipinski definition) is 1. The maximum atomic E-state index is 13.8. The fourth-order valence-electron chi connectivity index (χ4n) is 2.65. The quantitative estimate of drug-likeness (QED) is 0.883. The molecule has 0 fully saturated rings. The molecule has 0 amide bonds. The van der Waals surface area contributed by atoms with Crippen LogP contribution >= 0.6 is 0 Å². The molecule has 4 nitrogen and oxygen atoms in total. The van der Waals surface area contributed by atoms with Gasteiger partial charge in [0.25, 0.3) is 0 Å². The molecule has 0 radical (unpaired) electrons. The van der Waals surface area contributed by atoms with Crippen LogP contribution in [0.2, 0.25) is 0 Å². The fourth-order valence-corrected chi connectivity index (χ4v) is 2.65. The van der Waals surface area contributed by atoms with Gasteiger partial charge in [-0.05, 0) is 53.7 Å². The lowest BCUT2D eigenvalue weighted by Gasteiger charge is -2.23. The first-order valence-corrected chi connectivity index (χ1v) is 8.35. The first-order chi connectivity index (χ1) is 11.3. The Balaban J connectivity index is 0.000000299. The van der Waals surface area contributed by atoms with Gasteiger partial charge >= 0.3 is 0 Å². The average molecular weight is 354 g/mol. The number of aliphatic hydroxyl groups is 1. The second-order valence-electron chi connectivity index (χ2n) is 7.78. The zero-order valence-electron chi connectivity index (χ0n) is 16.1. The summed E-state index contributed by atoms with van der Waals surface area (Å²) in [6.45, 7) is 12.7. The number of aromatic nitrogens is 2. The summed E-state index contributed by atoms with van der Waals surface area (Å²) in [4.78, 5) is 14.9. The molecule has 1 heterocycles. The summed E-state index contributed by atoms with van der Waals surface area (Å²) in [5.41, 5.74) is -0.420. The highest BCUT2D eigenvalue weighted by Crippen LogP contribution is 2.27. The topological polar surface area (TPSA) is 55.1 Å². The first-order valence-electron chi connectivity index (χ1n) is 8.35. The number of imidazole rings is 1. The van der Waals surface area contributed by atoms with Gasteiger partial charge in [-0.2, -0.15) is 0 Å². The number of carbonyl (C=O) groups excluding carboxylic acids is 1. The summed E-state index contributed by atoms with van der Waals surface area (Å²) < 4.78 is 28.7. The van der Waals surface area contributed by atoms with Gasteiger partial charge < -0.3 is 9.67 Å². The van der Waals surface area contributed by atoms with Gasteiger partial charge in [0.15, 0.2) is 11.6 Å². The van der Waals surface area contributed by atoms with E-state index in [2.05, 4.69) is 4.98 Å². The van der Waals surface area contributed by atoms with Gasteiger partial charge in [0.05, 0.1) is 11.1 Å².